The Morgan fingerprint density at radius 1 is 1.48 bits per heavy atom. The normalized spacial score (nSPS) is 21.8. The Morgan fingerprint density at radius 3 is 2.90 bits per heavy atom. The molecule has 1 N–H and O–H groups in total. The van der Waals surface area contributed by atoms with Crippen LogP contribution in [0.25, 0.3) is 0 Å². The van der Waals surface area contributed by atoms with E-state index >= 15 is 0 Å². The minimum atomic E-state index is -4.43. The third-order valence-electron chi connectivity index (χ3n) is 3.86. The Bertz CT molecular complexity index is 575. The number of amides is 1. The van der Waals surface area contributed by atoms with Gasteiger partial charge in [-0.15, -0.1) is 0 Å². The molecular formula is C13H15F3N4O. The second kappa shape index (κ2) is 4.87. The highest BCUT2D eigenvalue weighted by Crippen LogP contribution is 2.35. The van der Waals surface area contributed by atoms with Gasteiger partial charge in [0, 0.05) is 38.3 Å². The molecule has 5 nitrogen and oxygen atoms in total. The van der Waals surface area contributed by atoms with Gasteiger partial charge in [-0.2, -0.15) is 13.2 Å². The fourth-order valence-electron chi connectivity index (χ4n) is 2.86. The summed E-state index contributed by atoms with van der Waals surface area (Å²) in [6.45, 7) is 3.50. The van der Waals surface area contributed by atoms with Gasteiger partial charge in [-0.3, -0.25) is 4.79 Å². The zero-order valence-corrected chi connectivity index (χ0v) is 11.4. The Labute approximate surface area is 119 Å². The maximum absolute atomic E-state index is 12.8. The van der Waals surface area contributed by atoms with Gasteiger partial charge >= 0.3 is 6.18 Å². The van der Waals surface area contributed by atoms with Crippen LogP contribution in [0.1, 0.15) is 18.1 Å². The summed E-state index contributed by atoms with van der Waals surface area (Å²) in [4.78, 5) is 19.3. The number of halogens is 3. The average Bonchev–Trinajstić information content (AvgIpc) is 2.44. The zero-order valence-electron chi connectivity index (χ0n) is 11.4. The number of carbonyl (C=O) groups excluding carboxylic acids is 1. The van der Waals surface area contributed by atoms with E-state index < -0.39 is 11.7 Å². The van der Waals surface area contributed by atoms with Gasteiger partial charge in [0.1, 0.15) is 12.0 Å². The van der Waals surface area contributed by atoms with Crippen molar-refractivity contribution in [2.45, 2.75) is 25.8 Å². The van der Waals surface area contributed by atoms with Crippen LogP contribution in [-0.2, 0) is 17.5 Å². The highest BCUT2D eigenvalue weighted by molar-refractivity contribution is 5.75. The van der Waals surface area contributed by atoms with E-state index in [9.17, 15) is 18.0 Å². The van der Waals surface area contributed by atoms with Crippen molar-refractivity contribution in [3.05, 3.63) is 23.4 Å². The molecule has 1 atom stereocenters. The fourth-order valence-corrected chi connectivity index (χ4v) is 2.86. The summed E-state index contributed by atoms with van der Waals surface area (Å²) in [7, 11) is 0. The Balaban J connectivity index is 2.04. The number of nitrogens with one attached hydrogen (secondary N) is 1. The van der Waals surface area contributed by atoms with Crippen LogP contribution in [0.3, 0.4) is 0 Å². The van der Waals surface area contributed by atoms with Crippen LogP contribution < -0.4 is 10.2 Å². The number of alkyl halides is 3. The van der Waals surface area contributed by atoms with E-state index in [4.69, 9.17) is 0 Å². The Hall–Kier alpha value is -1.83. The van der Waals surface area contributed by atoms with Crippen LogP contribution in [0.15, 0.2) is 12.3 Å². The minimum Gasteiger partial charge on any atom is -0.333 e. The molecule has 3 rings (SSSR count). The van der Waals surface area contributed by atoms with Crippen LogP contribution in [0.5, 0.6) is 0 Å². The van der Waals surface area contributed by atoms with Gasteiger partial charge in [-0.05, 0) is 6.07 Å². The van der Waals surface area contributed by atoms with Gasteiger partial charge in [0.2, 0.25) is 5.91 Å². The molecule has 1 amide bonds. The van der Waals surface area contributed by atoms with E-state index in [-0.39, 0.29) is 18.6 Å². The summed E-state index contributed by atoms with van der Waals surface area (Å²) in [6, 6.07) is 1.09. The molecule has 1 fully saturated rings. The quantitative estimate of drug-likeness (QED) is 0.782. The third-order valence-corrected chi connectivity index (χ3v) is 3.86. The molecule has 2 aliphatic heterocycles. The van der Waals surface area contributed by atoms with E-state index in [0.29, 0.717) is 31.0 Å². The molecule has 0 saturated carbocycles. The van der Waals surface area contributed by atoms with Crippen LogP contribution in [0.4, 0.5) is 19.0 Å². The summed E-state index contributed by atoms with van der Waals surface area (Å²) in [5, 5.41) is 3.19. The molecule has 1 saturated heterocycles. The molecule has 1 aromatic rings. The molecule has 21 heavy (non-hydrogen) atoms. The molecule has 3 heterocycles. The van der Waals surface area contributed by atoms with E-state index in [2.05, 4.69) is 10.3 Å². The molecule has 0 aromatic carbocycles. The summed E-state index contributed by atoms with van der Waals surface area (Å²) in [5.41, 5.74) is -0.337. The highest BCUT2D eigenvalue weighted by atomic mass is 19.4. The first-order chi connectivity index (χ1) is 9.88. The molecule has 2 aliphatic rings. The monoisotopic (exact) mass is 300 g/mol. The summed E-state index contributed by atoms with van der Waals surface area (Å²) < 4.78 is 38.4. The van der Waals surface area contributed by atoms with Crippen molar-refractivity contribution in [2.75, 3.05) is 24.5 Å². The second-order valence-corrected chi connectivity index (χ2v) is 5.23. The standard InChI is InChI=1S/C13H15F3N4O/c1-8(21)20-7-9-4-10(13(14,15)16)5-18-12(9)19-3-2-17-6-11(19)20/h4-5,11,17H,2-3,6-7H2,1H3/t11-/m0/s1. The zero-order chi connectivity index (χ0) is 15.2. The molecule has 0 aliphatic carbocycles. The molecule has 114 valence electrons. The maximum Gasteiger partial charge on any atom is 0.417 e. The lowest BCUT2D eigenvalue weighted by Gasteiger charge is -2.47. The van der Waals surface area contributed by atoms with Crippen molar-refractivity contribution in [1.29, 1.82) is 0 Å². The van der Waals surface area contributed by atoms with Crippen molar-refractivity contribution in [2.24, 2.45) is 0 Å². The van der Waals surface area contributed by atoms with E-state index in [1.165, 1.54) is 6.92 Å². The lowest BCUT2D eigenvalue weighted by Crippen LogP contribution is -2.62. The number of hydrogen-bond acceptors (Lipinski definition) is 4. The molecule has 8 heteroatoms. The number of carbonyl (C=O) groups is 1. The van der Waals surface area contributed by atoms with E-state index in [1.807, 2.05) is 4.90 Å². The first kappa shape index (κ1) is 14.1. The lowest BCUT2D eigenvalue weighted by atomic mass is 10.1. The van der Waals surface area contributed by atoms with Gasteiger partial charge in [-0.25, -0.2) is 4.98 Å². The highest BCUT2D eigenvalue weighted by Gasteiger charge is 2.38. The summed E-state index contributed by atoms with van der Waals surface area (Å²) in [5.74, 6) is 0.392. The number of hydrogen-bond donors (Lipinski definition) is 1. The maximum atomic E-state index is 12.8. The fraction of sp³-hybridized carbons (Fsp3) is 0.538. The topological polar surface area (TPSA) is 48.5 Å². The first-order valence-electron chi connectivity index (χ1n) is 6.68. The predicted molar refractivity (Wildman–Crippen MR) is 69.5 cm³/mol. The smallest absolute Gasteiger partial charge is 0.333 e. The summed E-state index contributed by atoms with van der Waals surface area (Å²) >= 11 is 0. The van der Waals surface area contributed by atoms with Gasteiger partial charge < -0.3 is 15.1 Å². The Morgan fingerprint density at radius 2 is 2.24 bits per heavy atom. The van der Waals surface area contributed by atoms with Crippen molar-refractivity contribution < 1.29 is 18.0 Å². The molecule has 1 aromatic heterocycles. The van der Waals surface area contributed by atoms with Crippen molar-refractivity contribution in [3.63, 3.8) is 0 Å². The van der Waals surface area contributed by atoms with E-state index in [0.717, 1.165) is 12.3 Å². The first-order valence-corrected chi connectivity index (χ1v) is 6.68. The van der Waals surface area contributed by atoms with Crippen LogP contribution in [0, 0.1) is 0 Å². The van der Waals surface area contributed by atoms with Gasteiger partial charge in [0.15, 0.2) is 0 Å². The molecule has 0 bridgehead atoms. The van der Waals surface area contributed by atoms with Gasteiger partial charge in [0.05, 0.1) is 12.1 Å². The van der Waals surface area contributed by atoms with Crippen LogP contribution in [-0.4, -0.2) is 41.6 Å². The van der Waals surface area contributed by atoms with Crippen LogP contribution >= 0.6 is 0 Å². The predicted octanol–water partition coefficient (Wildman–Crippen LogP) is 1.20. The Kier molecular flexibility index (Phi) is 3.27. The number of aromatic nitrogens is 1. The van der Waals surface area contributed by atoms with Gasteiger partial charge in [-0.1, -0.05) is 0 Å². The number of nitrogens with zero attached hydrogens (tertiary/aromatic N) is 3. The number of rotatable bonds is 0. The number of pyridine rings is 1. The SMILES string of the molecule is CC(=O)N1Cc2cc(C(F)(F)F)cnc2N2CCNC[C@H]12. The second-order valence-electron chi connectivity index (χ2n) is 5.23. The van der Waals surface area contributed by atoms with Crippen molar-refractivity contribution in [1.82, 2.24) is 15.2 Å². The van der Waals surface area contributed by atoms with Crippen molar-refractivity contribution >= 4 is 11.7 Å². The lowest BCUT2D eigenvalue weighted by molar-refractivity contribution is -0.137. The largest absolute Gasteiger partial charge is 0.417 e. The number of piperazine rings is 1. The third kappa shape index (κ3) is 2.44. The molecular weight excluding hydrogens is 285 g/mol. The number of fused-ring (bicyclic) bond motifs is 3. The van der Waals surface area contributed by atoms with Gasteiger partial charge in [0.25, 0.3) is 0 Å². The van der Waals surface area contributed by atoms with Crippen molar-refractivity contribution in [3.8, 4) is 0 Å². The molecule has 0 unspecified atom stereocenters. The molecule has 0 radical (unpaired) electrons. The summed E-state index contributed by atoms with van der Waals surface area (Å²) in [6.07, 6.45) is -3.75. The van der Waals surface area contributed by atoms with Crippen LogP contribution in [0.2, 0.25) is 0 Å². The average molecular weight is 300 g/mol. The minimum absolute atomic E-state index is 0.156. The number of anilines is 1. The molecule has 0 spiro atoms. The van der Waals surface area contributed by atoms with E-state index in [1.54, 1.807) is 4.90 Å².